The van der Waals surface area contributed by atoms with Crippen LogP contribution in [-0.2, 0) is 0 Å². The highest BCUT2D eigenvalue weighted by Crippen LogP contribution is 2.20. The molecular formula is C6H3F3IN. The Hall–Kier alpha value is -0.460. The third-order valence-electron chi connectivity index (χ3n) is 1.14. The van der Waals surface area contributed by atoms with E-state index < -0.39 is 17.5 Å². The van der Waals surface area contributed by atoms with E-state index in [9.17, 15) is 13.2 Å². The molecule has 1 aromatic rings. The van der Waals surface area contributed by atoms with Gasteiger partial charge in [-0.2, -0.15) is 0 Å². The zero-order chi connectivity index (χ0) is 8.43. The summed E-state index contributed by atoms with van der Waals surface area (Å²) in [5, 5.41) is 0. The lowest BCUT2D eigenvalue weighted by molar-refractivity contribution is 0.449. The zero-order valence-corrected chi connectivity index (χ0v) is 7.32. The van der Waals surface area contributed by atoms with Gasteiger partial charge in [0.1, 0.15) is 0 Å². The Morgan fingerprint density at radius 2 is 1.73 bits per heavy atom. The first-order valence-electron chi connectivity index (χ1n) is 2.67. The fourth-order valence-electron chi connectivity index (χ4n) is 0.599. The molecule has 0 aliphatic heterocycles. The van der Waals surface area contributed by atoms with Crippen molar-refractivity contribution in [1.29, 1.82) is 0 Å². The van der Waals surface area contributed by atoms with E-state index in [2.05, 4.69) is 3.53 Å². The van der Waals surface area contributed by atoms with E-state index in [0.717, 1.165) is 12.1 Å². The summed E-state index contributed by atoms with van der Waals surface area (Å²) in [6.45, 7) is 0. The van der Waals surface area contributed by atoms with Crippen molar-refractivity contribution in [1.82, 2.24) is 0 Å². The molecule has 0 saturated carbocycles. The molecule has 11 heavy (non-hydrogen) atoms. The van der Waals surface area contributed by atoms with Gasteiger partial charge in [0.25, 0.3) is 0 Å². The minimum absolute atomic E-state index is 0.0653. The van der Waals surface area contributed by atoms with E-state index in [1.54, 1.807) is 22.9 Å². The van der Waals surface area contributed by atoms with E-state index >= 15 is 0 Å². The smallest absolute Gasteiger partial charge is 0.196 e. The van der Waals surface area contributed by atoms with Gasteiger partial charge in [0.05, 0.1) is 28.6 Å². The lowest BCUT2D eigenvalue weighted by Crippen LogP contribution is -1.93. The van der Waals surface area contributed by atoms with Gasteiger partial charge in [-0.05, 0) is 12.1 Å². The van der Waals surface area contributed by atoms with E-state index in [1.807, 2.05) is 0 Å². The molecule has 1 N–H and O–H groups in total. The van der Waals surface area contributed by atoms with E-state index in [0.29, 0.717) is 0 Å². The van der Waals surface area contributed by atoms with Crippen LogP contribution in [0.1, 0.15) is 0 Å². The average molecular weight is 273 g/mol. The minimum Gasteiger partial charge on any atom is -0.326 e. The Morgan fingerprint density at radius 1 is 1.09 bits per heavy atom. The van der Waals surface area contributed by atoms with Crippen molar-refractivity contribution >= 4 is 28.6 Å². The van der Waals surface area contributed by atoms with Gasteiger partial charge in [-0.15, -0.1) is 0 Å². The van der Waals surface area contributed by atoms with Crippen LogP contribution < -0.4 is 3.53 Å². The van der Waals surface area contributed by atoms with Crippen LogP contribution in [-0.4, -0.2) is 0 Å². The van der Waals surface area contributed by atoms with Crippen LogP contribution in [0, 0.1) is 17.5 Å². The summed E-state index contributed by atoms with van der Waals surface area (Å²) in [4.78, 5) is 0. The van der Waals surface area contributed by atoms with Crippen LogP contribution in [0.5, 0.6) is 0 Å². The fraction of sp³-hybridized carbons (Fsp3) is 0. The van der Waals surface area contributed by atoms with Crippen molar-refractivity contribution in [2.75, 3.05) is 3.53 Å². The van der Waals surface area contributed by atoms with Gasteiger partial charge >= 0.3 is 0 Å². The maximum atomic E-state index is 12.6. The summed E-state index contributed by atoms with van der Waals surface area (Å²) in [5.41, 5.74) is -0.0653. The SMILES string of the molecule is Fc1ccc(NI)c(F)c1F. The maximum Gasteiger partial charge on any atom is 0.196 e. The molecule has 0 aromatic heterocycles. The largest absolute Gasteiger partial charge is 0.326 e. The van der Waals surface area contributed by atoms with Crippen LogP contribution in [0.4, 0.5) is 18.9 Å². The Labute approximate surface area is 75.1 Å². The van der Waals surface area contributed by atoms with Crippen molar-refractivity contribution in [2.24, 2.45) is 0 Å². The van der Waals surface area contributed by atoms with Crippen molar-refractivity contribution in [3.63, 3.8) is 0 Å². The Balaban J connectivity index is 3.25. The second-order valence-corrected chi connectivity index (χ2v) is 2.36. The van der Waals surface area contributed by atoms with Crippen LogP contribution in [0.2, 0.25) is 0 Å². The van der Waals surface area contributed by atoms with Gasteiger partial charge in [0, 0.05) is 0 Å². The molecule has 0 heterocycles. The normalized spacial score (nSPS) is 9.82. The number of hydrogen-bond acceptors (Lipinski definition) is 1. The van der Waals surface area contributed by atoms with Crippen LogP contribution >= 0.6 is 22.9 Å². The summed E-state index contributed by atoms with van der Waals surface area (Å²) < 4.78 is 39.6. The van der Waals surface area contributed by atoms with Gasteiger partial charge in [-0.3, -0.25) is 0 Å². The van der Waals surface area contributed by atoms with Crippen LogP contribution in [0.25, 0.3) is 0 Å². The first-order valence-corrected chi connectivity index (χ1v) is 3.75. The predicted octanol–water partition coefficient (Wildman–Crippen LogP) is 2.87. The van der Waals surface area contributed by atoms with Crippen molar-refractivity contribution in [3.05, 3.63) is 29.6 Å². The third kappa shape index (κ3) is 1.58. The van der Waals surface area contributed by atoms with Crippen molar-refractivity contribution < 1.29 is 13.2 Å². The summed E-state index contributed by atoms with van der Waals surface area (Å²) in [6, 6.07) is 1.99. The molecule has 0 amide bonds. The highest BCUT2D eigenvalue weighted by molar-refractivity contribution is 14.1. The summed E-state index contributed by atoms with van der Waals surface area (Å²) >= 11 is 1.63. The molecule has 0 radical (unpaired) electrons. The molecule has 0 saturated heterocycles. The van der Waals surface area contributed by atoms with Crippen molar-refractivity contribution in [2.45, 2.75) is 0 Å². The summed E-state index contributed by atoms with van der Waals surface area (Å²) in [7, 11) is 0. The topological polar surface area (TPSA) is 12.0 Å². The number of nitrogens with one attached hydrogen (secondary N) is 1. The molecule has 0 atom stereocenters. The highest BCUT2D eigenvalue weighted by atomic mass is 127. The predicted molar refractivity (Wildman–Crippen MR) is 44.0 cm³/mol. The maximum absolute atomic E-state index is 12.6. The highest BCUT2D eigenvalue weighted by Gasteiger charge is 2.11. The van der Waals surface area contributed by atoms with E-state index in [1.165, 1.54) is 0 Å². The summed E-state index contributed by atoms with van der Waals surface area (Å²) in [5.74, 6) is -3.83. The zero-order valence-electron chi connectivity index (χ0n) is 5.17. The first kappa shape index (κ1) is 8.63. The van der Waals surface area contributed by atoms with Gasteiger partial charge < -0.3 is 3.53 Å². The number of halogens is 4. The lowest BCUT2D eigenvalue weighted by atomic mass is 10.3. The summed E-state index contributed by atoms with van der Waals surface area (Å²) in [6.07, 6.45) is 0. The van der Waals surface area contributed by atoms with Gasteiger partial charge in [0.2, 0.25) is 0 Å². The van der Waals surface area contributed by atoms with Crippen LogP contribution in [0.15, 0.2) is 12.1 Å². The average Bonchev–Trinajstić information content (AvgIpc) is 2.01. The lowest BCUT2D eigenvalue weighted by Gasteiger charge is -2.00. The number of benzene rings is 1. The Morgan fingerprint density at radius 3 is 2.27 bits per heavy atom. The monoisotopic (exact) mass is 273 g/mol. The fourth-order valence-corrected chi connectivity index (χ4v) is 1.02. The molecule has 1 rings (SSSR count). The number of rotatable bonds is 1. The van der Waals surface area contributed by atoms with Gasteiger partial charge in [-0.25, -0.2) is 13.2 Å². The van der Waals surface area contributed by atoms with E-state index in [4.69, 9.17) is 0 Å². The molecule has 0 spiro atoms. The standard InChI is InChI=1S/C6H3F3IN/c7-3-1-2-4(11-10)6(9)5(3)8/h1-2,11H. The Kier molecular flexibility index (Phi) is 2.58. The molecule has 0 bridgehead atoms. The van der Waals surface area contributed by atoms with Gasteiger partial charge in [-0.1, -0.05) is 0 Å². The Bertz CT molecular complexity index is 277. The molecule has 0 aliphatic rings. The molecule has 0 fully saturated rings. The van der Waals surface area contributed by atoms with E-state index in [-0.39, 0.29) is 5.69 Å². The first-order chi connectivity index (χ1) is 5.16. The second kappa shape index (κ2) is 3.29. The van der Waals surface area contributed by atoms with Crippen LogP contribution in [0.3, 0.4) is 0 Å². The number of anilines is 1. The minimum atomic E-state index is -1.45. The third-order valence-corrected chi connectivity index (χ3v) is 1.72. The quantitative estimate of drug-likeness (QED) is 0.471. The number of hydrogen-bond donors (Lipinski definition) is 1. The van der Waals surface area contributed by atoms with Gasteiger partial charge in [0.15, 0.2) is 17.5 Å². The molecule has 0 aliphatic carbocycles. The molecule has 60 valence electrons. The molecule has 1 aromatic carbocycles. The molecule has 1 nitrogen and oxygen atoms in total. The second-order valence-electron chi connectivity index (χ2n) is 1.82. The molecule has 5 heteroatoms. The molecular weight excluding hydrogens is 270 g/mol. The van der Waals surface area contributed by atoms with Crippen molar-refractivity contribution in [3.8, 4) is 0 Å². The molecule has 0 unspecified atom stereocenters.